The number of carbonyl (C=O) groups excluding carboxylic acids is 2. The third-order valence-corrected chi connectivity index (χ3v) is 11.3. The van der Waals surface area contributed by atoms with Crippen LogP contribution < -0.4 is 0 Å². The zero-order valence-electron chi connectivity index (χ0n) is 28.9. The van der Waals surface area contributed by atoms with Crippen LogP contribution in [0.3, 0.4) is 0 Å². The molecule has 2 N–H and O–H groups in total. The second kappa shape index (κ2) is 13.7. The Labute approximate surface area is 274 Å². The van der Waals surface area contributed by atoms with Crippen LogP contribution in [-0.2, 0) is 28.5 Å². The molecule has 0 radical (unpaired) electrons. The summed E-state index contributed by atoms with van der Waals surface area (Å²) in [4.78, 5) is 28.6. The first kappa shape index (κ1) is 35.0. The first-order chi connectivity index (χ1) is 21.7. The van der Waals surface area contributed by atoms with Crippen LogP contribution in [0.2, 0.25) is 0 Å². The van der Waals surface area contributed by atoms with Crippen molar-refractivity contribution in [3.8, 4) is 0 Å². The Hall–Kier alpha value is -2.30. The van der Waals surface area contributed by atoms with Crippen LogP contribution in [0, 0.1) is 23.7 Å². The molecule has 1 spiro atoms. The predicted octanol–water partition coefficient (Wildman–Crippen LogP) is 5.02. The van der Waals surface area contributed by atoms with Crippen LogP contribution in [0.25, 0.3) is 0 Å². The quantitative estimate of drug-likeness (QED) is 0.326. The molecule has 3 fully saturated rings. The number of rotatable bonds is 3. The summed E-state index contributed by atoms with van der Waals surface area (Å²) in [5, 5.41) is 23.2. The van der Waals surface area contributed by atoms with Gasteiger partial charge in [0.25, 0.3) is 0 Å². The van der Waals surface area contributed by atoms with Gasteiger partial charge in [-0.15, -0.1) is 0 Å². The third kappa shape index (κ3) is 6.68. The van der Waals surface area contributed by atoms with Crippen molar-refractivity contribution in [3.63, 3.8) is 0 Å². The van der Waals surface area contributed by atoms with Gasteiger partial charge < -0.3 is 34.1 Å². The highest BCUT2D eigenvalue weighted by Gasteiger charge is 2.60. The van der Waals surface area contributed by atoms with Crippen molar-refractivity contribution < 1.29 is 38.7 Å². The molecule has 9 heteroatoms. The van der Waals surface area contributed by atoms with Crippen LogP contribution in [-0.4, -0.2) is 88.6 Å². The minimum absolute atomic E-state index is 0.00638. The Balaban J connectivity index is 1.58. The van der Waals surface area contributed by atoms with Crippen molar-refractivity contribution >= 4 is 11.9 Å². The van der Waals surface area contributed by atoms with Crippen LogP contribution >= 0.6 is 0 Å². The van der Waals surface area contributed by atoms with E-state index in [1.54, 1.807) is 30.9 Å². The van der Waals surface area contributed by atoms with Gasteiger partial charge in [0, 0.05) is 33.2 Å². The minimum atomic E-state index is -1.75. The molecule has 4 heterocycles. The molecule has 2 bridgehead atoms. The number of hydrogen-bond donors (Lipinski definition) is 2. The highest BCUT2D eigenvalue weighted by molar-refractivity contribution is 5.78. The van der Waals surface area contributed by atoms with E-state index >= 15 is 0 Å². The second-order valence-corrected chi connectivity index (χ2v) is 14.8. The predicted molar refractivity (Wildman–Crippen MR) is 174 cm³/mol. The van der Waals surface area contributed by atoms with Crippen molar-refractivity contribution in [2.24, 2.45) is 23.7 Å². The number of ether oxygens (including phenoxy) is 4. The number of nitrogens with zero attached hydrogens (tertiary/aromatic N) is 1. The average molecular weight is 642 g/mol. The number of carbonyl (C=O) groups is 2. The number of hydrogen-bond acceptors (Lipinski definition) is 8. The molecule has 0 aromatic rings. The van der Waals surface area contributed by atoms with Crippen LogP contribution in [0.4, 0.5) is 0 Å². The van der Waals surface area contributed by atoms with Crippen molar-refractivity contribution in [1.82, 2.24) is 4.90 Å². The average Bonchev–Trinajstić information content (AvgIpc) is 3.34. The third-order valence-electron chi connectivity index (χ3n) is 11.3. The van der Waals surface area contributed by atoms with Crippen molar-refractivity contribution in [1.29, 1.82) is 0 Å². The number of allylic oxidation sites excluding steroid dienone is 4. The maximum absolute atomic E-state index is 14.2. The van der Waals surface area contributed by atoms with Crippen LogP contribution in [0.1, 0.15) is 87.0 Å². The minimum Gasteiger partial charge on any atom is -0.462 e. The Morgan fingerprint density at radius 2 is 1.87 bits per heavy atom. The van der Waals surface area contributed by atoms with Gasteiger partial charge in [-0.1, -0.05) is 70.1 Å². The lowest BCUT2D eigenvalue weighted by Gasteiger charge is -2.51. The molecule has 0 saturated carbocycles. The number of fused-ring (bicyclic) bond motifs is 2. The smallest absolute Gasteiger partial charge is 0.316 e. The molecule has 1 aliphatic carbocycles. The standard InChI is InChI=1S/C37H55NO8/c1-9-22(3)33-23(4)13-14-36(46-33)19-29-17-28(45-36)18-31(38(8)26(7)39)24(5)15-21(2)11-10-12-27-20-43-34-32(40)25(6)16-30(35(41)44-29)37(27,34)42/h10-12,15-16,21-23,28-34,40,42H,9,13-14,17-20H2,1-8H3/b11-10+,24-15-,27-12+/t21-,22-,23-,28-,29-,30-,31?,32+,33+,34+,36+,37+/m0/s1. The number of likely N-dealkylation sites (N-methyl/N-ethyl adjacent to an activating group) is 1. The van der Waals surface area contributed by atoms with Crippen LogP contribution in [0.5, 0.6) is 0 Å². The molecule has 46 heavy (non-hydrogen) atoms. The largest absolute Gasteiger partial charge is 0.462 e. The van der Waals surface area contributed by atoms with E-state index in [0.29, 0.717) is 48.7 Å². The first-order valence-electron chi connectivity index (χ1n) is 17.2. The van der Waals surface area contributed by atoms with Gasteiger partial charge in [0.2, 0.25) is 5.91 Å². The van der Waals surface area contributed by atoms with Gasteiger partial charge >= 0.3 is 5.97 Å². The van der Waals surface area contributed by atoms with E-state index in [-0.39, 0.29) is 36.7 Å². The van der Waals surface area contributed by atoms with Gasteiger partial charge in [-0.25, -0.2) is 0 Å². The second-order valence-electron chi connectivity index (χ2n) is 14.8. The van der Waals surface area contributed by atoms with Crippen molar-refractivity contribution in [2.75, 3.05) is 13.7 Å². The van der Waals surface area contributed by atoms with E-state index in [4.69, 9.17) is 18.9 Å². The highest BCUT2D eigenvalue weighted by atomic mass is 16.7. The summed E-state index contributed by atoms with van der Waals surface area (Å²) in [5.41, 5.74) is 0.382. The molecule has 4 aliphatic heterocycles. The molecule has 0 aromatic carbocycles. The van der Waals surface area contributed by atoms with Gasteiger partial charge in [0.15, 0.2) is 5.79 Å². The first-order valence-corrected chi connectivity index (χ1v) is 17.2. The Morgan fingerprint density at radius 1 is 1.13 bits per heavy atom. The van der Waals surface area contributed by atoms with Gasteiger partial charge in [0.1, 0.15) is 29.8 Å². The summed E-state index contributed by atoms with van der Waals surface area (Å²) >= 11 is 0. The number of esters is 1. The van der Waals surface area contributed by atoms with E-state index in [0.717, 1.165) is 18.4 Å². The summed E-state index contributed by atoms with van der Waals surface area (Å²) in [7, 11) is 1.82. The molecule has 12 atom stereocenters. The molecule has 256 valence electrons. The van der Waals surface area contributed by atoms with E-state index < -0.39 is 41.6 Å². The van der Waals surface area contributed by atoms with Gasteiger partial charge in [-0.05, 0) is 55.6 Å². The number of aliphatic hydroxyl groups excluding tert-OH is 1. The molecular weight excluding hydrogens is 586 g/mol. The molecule has 5 rings (SSSR count). The summed E-state index contributed by atoms with van der Waals surface area (Å²) < 4.78 is 26.1. The maximum Gasteiger partial charge on any atom is 0.316 e. The lowest BCUT2D eigenvalue weighted by Crippen LogP contribution is -2.58. The van der Waals surface area contributed by atoms with Gasteiger partial charge in [-0.3, -0.25) is 9.59 Å². The fourth-order valence-electron chi connectivity index (χ4n) is 8.29. The molecule has 1 amide bonds. The van der Waals surface area contributed by atoms with Gasteiger partial charge in [-0.2, -0.15) is 0 Å². The fraction of sp³-hybridized carbons (Fsp3) is 0.730. The molecule has 1 unspecified atom stereocenters. The van der Waals surface area contributed by atoms with Crippen LogP contribution in [0.15, 0.2) is 47.1 Å². The number of amides is 1. The summed E-state index contributed by atoms with van der Waals surface area (Å²) in [6, 6.07) is -0.219. The Kier molecular flexibility index (Phi) is 10.4. The lowest BCUT2D eigenvalue weighted by atomic mass is 9.71. The highest BCUT2D eigenvalue weighted by Crippen LogP contribution is 2.48. The fourth-order valence-corrected chi connectivity index (χ4v) is 8.29. The van der Waals surface area contributed by atoms with E-state index in [1.165, 1.54) is 0 Å². The Morgan fingerprint density at radius 3 is 2.57 bits per heavy atom. The zero-order valence-corrected chi connectivity index (χ0v) is 28.9. The lowest BCUT2D eigenvalue weighted by molar-refractivity contribution is -0.342. The molecule has 5 aliphatic rings. The zero-order chi connectivity index (χ0) is 33.6. The van der Waals surface area contributed by atoms with Gasteiger partial charge in [0.05, 0.1) is 24.9 Å². The van der Waals surface area contributed by atoms with Crippen molar-refractivity contribution in [3.05, 3.63) is 47.1 Å². The SMILES string of the molecule is CC[C@H](C)[C@H]1O[C@]2(CC[C@@H]1C)C[C@@H]1C[C@@H](CC(N(C)C(C)=O)/C(C)=C\[C@@H](C)/C=C/C=C3\CO[C@@H]4[C@H](O)C(C)=C[C@@H](C(=O)O1)[C@]34O)O2. The van der Waals surface area contributed by atoms with Crippen molar-refractivity contribution in [2.45, 2.75) is 135 Å². The number of aliphatic hydroxyl groups is 2. The summed E-state index contributed by atoms with van der Waals surface area (Å²) in [6.07, 6.45) is 10.5. The van der Waals surface area contributed by atoms with E-state index in [9.17, 15) is 19.8 Å². The topological polar surface area (TPSA) is 115 Å². The molecule has 3 saturated heterocycles. The summed E-state index contributed by atoms with van der Waals surface area (Å²) in [5.74, 6) is -1.85. The normalized spacial score (nSPS) is 45.3. The Bertz CT molecular complexity index is 1280. The molecule has 9 nitrogen and oxygen atoms in total. The monoisotopic (exact) mass is 641 g/mol. The maximum atomic E-state index is 14.2. The van der Waals surface area contributed by atoms with E-state index in [1.807, 2.05) is 26.1 Å². The summed E-state index contributed by atoms with van der Waals surface area (Å²) in [6.45, 7) is 14.1. The van der Waals surface area contributed by atoms with E-state index in [2.05, 4.69) is 33.8 Å². The molecular formula is C37H55NO8. The molecule has 0 aromatic heterocycles.